The first-order chi connectivity index (χ1) is 10.1. The highest BCUT2D eigenvalue weighted by molar-refractivity contribution is 7.62. The van der Waals surface area contributed by atoms with Gasteiger partial charge in [0, 0.05) is 18.5 Å². The van der Waals surface area contributed by atoms with E-state index in [-0.39, 0.29) is 17.6 Å². The molecule has 0 bridgehead atoms. The van der Waals surface area contributed by atoms with E-state index in [1.807, 2.05) is 31.2 Å². The number of hydrogen-bond donors (Lipinski definition) is 1. The van der Waals surface area contributed by atoms with Gasteiger partial charge in [-0.2, -0.15) is 9.42 Å². The topological polar surface area (TPSA) is 62.2 Å². The van der Waals surface area contributed by atoms with E-state index in [2.05, 4.69) is 5.01 Å². The van der Waals surface area contributed by atoms with Gasteiger partial charge in [-0.15, -0.1) is 0 Å². The lowest BCUT2D eigenvalue weighted by molar-refractivity contribution is -0.135. The van der Waals surface area contributed by atoms with Crippen LogP contribution in [0.3, 0.4) is 0 Å². The first-order valence-corrected chi connectivity index (χ1v) is 8.90. The maximum absolute atomic E-state index is 12.0. The molecule has 2 fully saturated rings. The largest absolute Gasteiger partial charge is 0.461 e. The summed E-state index contributed by atoms with van der Waals surface area (Å²) in [6, 6.07) is 7.68. The molecule has 1 N–H and O–H groups in total. The molecule has 3 heterocycles. The van der Waals surface area contributed by atoms with Crippen LogP contribution in [0.2, 0.25) is 0 Å². The van der Waals surface area contributed by atoms with Gasteiger partial charge in [-0.05, 0) is 13.0 Å². The molecule has 2 saturated heterocycles. The van der Waals surface area contributed by atoms with Crippen molar-refractivity contribution in [3.05, 3.63) is 29.8 Å². The number of carbonyl (C=O) groups is 1. The summed E-state index contributed by atoms with van der Waals surface area (Å²) in [4.78, 5) is 22.9. The van der Waals surface area contributed by atoms with Gasteiger partial charge in [-0.25, -0.2) is 5.01 Å². The Hall–Kier alpha value is -1.20. The van der Waals surface area contributed by atoms with E-state index in [1.165, 1.54) is 0 Å². The summed E-state index contributed by atoms with van der Waals surface area (Å²) in [6.45, 7) is 3.41. The molecule has 1 amide bonds. The van der Waals surface area contributed by atoms with Crippen LogP contribution in [0.4, 0.5) is 0 Å². The number of hydrogen-bond acceptors (Lipinski definition) is 5. The molecular weight excluding hydrogens is 291 g/mol. The van der Waals surface area contributed by atoms with Crippen molar-refractivity contribution in [2.75, 3.05) is 19.7 Å². The van der Waals surface area contributed by atoms with Crippen molar-refractivity contribution >= 4 is 13.9 Å². The predicted octanol–water partition coefficient (Wildman–Crippen LogP) is 1.74. The second-order valence-corrected chi connectivity index (χ2v) is 7.74. The quantitative estimate of drug-likeness (QED) is 0.843. The first-order valence-electron chi connectivity index (χ1n) is 7.25. The standard InChI is InChI=1S/C14H18N2O4P/c1-2-19-21(18)12-9-16-13(17)7-8-15(16)14(12)10-5-3-4-6-11(10)20-21/h3-6,12,14,18H,2,7-9H2,1H3/q+1/t12-,14-,21?/m0/s1. The Morgan fingerprint density at radius 2 is 2.29 bits per heavy atom. The molecule has 1 unspecified atom stereocenters. The van der Waals surface area contributed by atoms with E-state index in [4.69, 9.17) is 9.05 Å². The Balaban J connectivity index is 1.82. The van der Waals surface area contributed by atoms with Crippen LogP contribution in [0.25, 0.3) is 0 Å². The fraction of sp³-hybridized carbons (Fsp3) is 0.500. The summed E-state index contributed by atoms with van der Waals surface area (Å²) in [5.41, 5.74) is 0.834. The normalized spacial score (nSPS) is 34.4. The van der Waals surface area contributed by atoms with Crippen molar-refractivity contribution < 1.29 is 18.7 Å². The molecule has 3 atom stereocenters. The van der Waals surface area contributed by atoms with Gasteiger partial charge in [0.15, 0.2) is 11.4 Å². The molecule has 3 aliphatic heterocycles. The lowest BCUT2D eigenvalue weighted by Crippen LogP contribution is -2.35. The second kappa shape index (κ2) is 4.65. The van der Waals surface area contributed by atoms with Crippen molar-refractivity contribution in [1.29, 1.82) is 0 Å². The molecule has 7 heteroatoms. The highest BCUT2D eigenvalue weighted by Gasteiger charge is 2.66. The van der Waals surface area contributed by atoms with Gasteiger partial charge in [-0.3, -0.25) is 14.3 Å². The smallest absolute Gasteiger partial charge is 0.286 e. The number of carbonyl (C=O) groups excluding carboxylic acids is 1. The lowest BCUT2D eigenvalue weighted by Gasteiger charge is -2.33. The number of para-hydroxylation sites is 1. The molecule has 1 aromatic carbocycles. The monoisotopic (exact) mass is 309 g/mol. The Morgan fingerprint density at radius 1 is 1.48 bits per heavy atom. The maximum Gasteiger partial charge on any atom is 0.461 e. The number of rotatable bonds is 2. The van der Waals surface area contributed by atoms with Crippen LogP contribution in [-0.4, -0.2) is 46.2 Å². The second-order valence-electron chi connectivity index (χ2n) is 5.51. The molecule has 0 radical (unpaired) electrons. The lowest BCUT2D eigenvalue weighted by atomic mass is 10.0. The summed E-state index contributed by atoms with van der Waals surface area (Å²) in [6.07, 6.45) is 0.539. The van der Waals surface area contributed by atoms with Crippen molar-refractivity contribution in [2.24, 2.45) is 0 Å². The third kappa shape index (κ3) is 1.83. The molecule has 3 aliphatic rings. The van der Waals surface area contributed by atoms with Crippen LogP contribution >= 0.6 is 7.94 Å². The number of nitrogens with zero attached hydrogens (tertiary/aromatic N) is 2. The van der Waals surface area contributed by atoms with Gasteiger partial charge in [0.05, 0.1) is 13.2 Å². The fourth-order valence-electron chi connectivity index (χ4n) is 3.55. The van der Waals surface area contributed by atoms with Crippen molar-refractivity contribution in [1.82, 2.24) is 10.0 Å². The van der Waals surface area contributed by atoms with Crippen LogP contribution < -0.4 is 4.52 Å². The molecule has 112 valence electrons. The summed E-state index contributed by atoms with van der Waals surface area (Å²) < 4.78 is 11.5. The van der Waals surface area contributed by atoms with Crippen molar-refractivity contribution in [3.63, 3.8) is 0 Å². The fourth-order valence-corrected chi connectivity index (χ4v) is 5.78. The van der Waals surface area contributed by atoms with Crippen molar-refractivity contribution in [2.45, 2.75) is 25.0 Å². The van der Waals surface area contributed by atoms with E-state index in [9.17, 15) is 9.69 Å². The molecule has 21 heavy (non-hydrogen) atoms. The summed E-state index contributed by atoms with van der Waals surface area (Å²) in [7, 11) is -3.02. The van der Waals surface area contributed by atoms with E-state index in [0.717, 1.165) is 5.56 Å². The molecule has 4 rings (SSSR count). The minimum atomic E-state index is -3.02. The van der Waals surface area contributed by atoms with Gasteiger partial charge in [0.1, 0.15) is 6.04 Å². The van der Waals surface area contributed by atoms with Crippen LogP contribution in [0.5, 0.6) is 5.75 Å². The number of amides is 1. The summed E-state index contributed by atoms with van der Waals surface area (Å²) in [5.74, 6) is 0.786. The van der Waals surface area contributed by atoms with E-state index < -0.39 is 7.94 Å². The minimum Gasteiger partial charge on any atom is -0.286 e. The van der Waals surface area contributed by atoms with Gasteiger partial charge in [0.25, 0.3) is 0 Å². The van der Waals surface area contributed by atoms with Crippen molar-refractivity contribution in [3.8, 4) is 5.75 Å². The highest BCUT2D eigenvalue weighted by Crippen LogP contribution is 2.70. The molecule has 0 aliphatic carbocycles. The molecule has 0 spiro atoms. The summed E-state index contributed by atoms with van der Waals surface area (Å²) in [5, 5.41) is 3.82. The third-order valence-electron chi connectivity index (χ3n) is 4.40. The van der Waals surface area contributed by atoms with Gasteiger partial charge in [-0.1, -0.05) is 18.2 Å². The van der Waals surface area contributed by atoms with Gasteiger partial charge in [0.2, 0.25) is 5.91 Å². The molecule has 6 nitrogen and oxygen atoms in total. The Morgan fingerprint density at radius 3 is 3.10 bits per heavy atom. The Kier molecular flexibility index (Phi) is 2.98. The summed E-state index contributed by atoms with van der Waals surface area (Å²) >= 11 is 0. The van der Waals surface area contributed by atoms with Crippen LogP contribution in [0, 0.1) is 0 Å². The van der Waals surface area contributed by atoms with Crippen LogP contribution in [-0.2, 0) is 9.32 Å². The predicted molar refractivity (Wildman–Crippen MR) is 77.4 cm³/mol. The van der Waals surface area contributed by atoms with Crippen LogP contribution in [0.15, 0.2) is 24.3 Å². The SMILES string of the molecule is CCO[P+]1(O)Oc2ccccc2[C@H]2[C@@H]1CN1C(=O)CCN21. The third-order valence-corrected chi connectivity index (χ3v) is 6.77. The van der Waals surface area contributed by atoms with Gasteiger partial charge < -0.3 is 0 Å². The van der Waals surface area contributed by atoms with Crippen LogP contribution in [0.1, 0.15) is 24.9 Å². The minimum absolute atomic E-state index is 0.0358. The molecule has 0 saturated carbocycles. The number of benzene rings is 1. The van der Waals surface area contributed by atoms with E-state index in [1.54, 1.807) is 5.01 Å². The first kappa shape index (κ1) is 13.5. The maximum atomic E-state index is 12.0. The Bertz CT molecular complexity index is 598. The average Bonchev–Trinajstić information content (AvgIpc) is 3.01. The number of hydrazine groups is 1. The zero-order valence-electron chi connectivity index (χ0n) is 11.8. The zero-order chi connectivity index (χ0) is 14.6. The number of fused-ring (bicyclic) bond motifs is 5. The highest BCUT2D eigenvalue weighted by atomic mass is 31.2. The van der Waals surface area contributed by atoms with E-state index >= 15 is 0 Å². The molecule has 1 aromatic rings. The average molecular weight is 309 g/mol. The van der Waals surface area contributed by atoms with E-state index in [0.29, 0.717) is 31.9 Å². The Labute approximate surface area is 123 Å². The molecule has 0 aromatic heterocycles. The zero-order valence-corrected chi connectivity index (χ0v) is 12.7. The molecular formula is C14H18N2O4P+. The van der Waals surface area contributed by atoms with Gasteiger partial charge >= 0.3 is 7.94 Å².